The van der Waals surface area contributed by atoms with Gasteiger partial charge in [0.05, 0.1) is 12.5 Å². The topological polar surface area (TPSA) is 288 Å². The van der Waals surface area contributed by atoms with E-state index in [2.05, 4.69) is 20.6 Å². The van der Waals surface area contributed by atoms with Crippen LogP contribution in [-0.2, 0) is 19.2 Å². The van der Waals surface area contributed by atoms with Crippen molar-refractivity contribution < 1.29 is 29.4 Å². The molecule has 3 atom stereocenters. The highest BCUT2D eigenvalue weighted by Gasteiger charge is 2.29. The van der Waals surface area contributed by atoms with Crippen molar-refractivity contribution in [3.8, 4) is 0 Å². The molecule has 0 aromatic rings. The summed E-state index contributed by atoms with van der Waals surface area (Å²) in [6.07, 6.45) is 0.121. The number of carboxylic acids is 2. The maximum Gasteiger partial charge on any atom is 0.326 e. The Kier molecular flexibility index (Phi) is 12.7. The van der Waals surface area contributed by atoms with Gasteiger partial charge in [-0.25, -0.2) is 4.79 Å². The van der Waals surface area contributed by atoms with Gasteiger partial charge in [-0.1, -0.05) is 0 Å². The molecule has 0 bridgehead atoms. The quantitative estimate of drug-likeness (QED) is 0.0663. The van der Waals surface area contributed by atoms with E-state index in [0.29, 0.717) is 6.42 Å². The smallest absolute Gasteiger partial charge is 0.326 e. The highest BCUT2D eigenvalue weighted by Crippen LogP contribution is 2.04. The number of hydrogen-bond acceptors (Lipinski definition) is 7. The van der Waals surface area contributed by atoms with Crippen LogP contribution in [0.15, 0.2) is 9.98 Å². The van der Waals surface area contributed by atoms with Gasteiger partial charge in [-0.15, -0.1) is 0 Å². The summed E-state index contributed by atoms with van der Waals surface area (Å²) in [6.45, 7) is 0.422. The largest absolute Gasteiger partial charge is 0.481 e. The Balaban J connectivity index is 5.08. The minimum Gasteiger partial charge on any atom is -0.481 e. The summed E-state index contributed by atoms with van der Waals surface area (Å²) in [5.41, 5.74) is 26.7. The first-order valence-electron chi connectivity index (χ1n) is 9.35. The zero-order chi connectivity index (χ0) is 24.0. The Hall–Kier alpha value is -3.62. The molecule has 0 heterocycles. The van der Waals surface area contributed by atoms with E-state index in [0.717, 1.165) is 0 Å². The summed E-state index contributed by atoms with van der Waals surface area (Å²) < 4.78 is 0. The van der Waals surface area contributed by atoms with Crippen molar-refractivity contribution in [2.75, 3.05) is 13.1 Å². The Morgan fingerprint density at radius 2 is 1.26 bits per heavy atom. The number of aliphatic imine (C=N–C) groups is 2. The second-order valence-electron chi connectivity index (χ2n) is 6.56. The van der Waals surface area contributed by atoms with Crippen molar-refractivity contribution in [2.45, 2.75) is 50.2 Å². The minimum absolute atomic E-state index is 0.0501. The third-order valence-electron chi connectivity index (χ3n) is 3.88. The average molecular weight is 445 g/mol. The lowest BCUT2D eigenvalue weighted by Crippen LogP contribution is -2.54. The molecule has 31 heavy (non-hydrogen) atoms. The molecule has 0 saturated heterocycles. The molecule has 0 radical (unpaired) electrons. The molecule has 0 rings (SSSR count). The molecule has 0 spiro atoms. The van der Waals surface area contributed by atoms with Crippen molar-refractivity contribution >= 4 is 35.7 Å². The molecule has 0 aromatic heterocycles. The average Bonchev–Trinajstić information content (AvgIpc) is 2.65. The van der Waals surface area contributed by atoms with Crippen LogP contribution < -0.4 is 39.3 Å². The van der Waals surface area contributed by atoms with Gasteiger partial charge in [0.15, 0.2) is 11.9 Å². The number of nitrogens with zero attached hydrogens (tertiary/aromatic N) is 2. The van der Waals surface area contributed by atoms with Crippen LogP contribution in [-0.4, -0.2) is 77.1 Å². The number of carboxylic acid groups (broad SMARTS) is 2. The van der Waals surface area contributed by atoms with Crippen LogP contribution in [0.4, 0.5) is 0 Å². The summed E-state index contributed by atoms with van der Waals surface area (Å²) in [6, 6.07) is -3.83. The molecular weight excluding hydrogens is 414 g/mol. The summed E-state index contributed by atoms with van der Waals surface area (Å²) in [5.74, 6) is -4.72. The highest BCUT2D eigenvalue weighted by molar-refractivity contribution is 5.92. The van der Waals surface area contributed by atoms with E-state index >= 15 is 0 Å². The summed E-state index contributed by atoms with van der Waals surface area (Å²) in [4.78, 5) is 54.4. The van der Waals surface area contributed by atoms with E-state index in [1.54, 1.807) is 0 Å². The molecule has 0 aliphatic carbocycles. The van der Waals surface area contributed by atoms with E-state index in [-0.39, 0.29) is 44.3 Å². The number of nitrogens with one attached hydrogen (secondary N) is 2. The maximum atomic E-state index is 12.5. The second kappa shape index (κ2) is 14.4. The molecular formula is C16H31N9O6. The van der Waals surface area contributed by atoms with Crippen LogP contribution in [0.25, 0.3) is 0 Å². The van der Waals surface area contributed by atoms with Gasteiger partial charge in [0.25, 0.3) is 0 Å². The van der Waals surface area contributed by atoms with Crippen molar-refractivity contribution in [3.63, 3.8) is 0 Å². The lowest BCUT2D eigenvalue weighted by atomic mass is 10.1. The highest BCUT2D eigenvalue weighted by atomic mass is 16.4. The number of nitrogens with two attached hydrogens (primary N) is 5. The molecule has 0 aromatic carbocycles. The molecule has 0 aliphatic rings. The first kappa shape index (κ1) is 27.4. The Labute approximate surface area is 178 Å². The fourth-order valence-electron chi connectivity index (χ4n) is 2.35. The number of aliphatic carboxylic acids is 2. The van der Waals surface area contributed by atoms with Gasteiger partial charge in [0.2, 0.25) is 11.8 Å². The molecule has 0 fully saturated rings. The van der Waals surface area contributed by atoms with E-state index in [4.69, 9.17) is 38.9 Å². The number of rotatable bonds is 15. The van der Waals surface area contributed by atoms with Crippen molar-refractivity contribution in [2.24, 2.45) is 38.7 Å². The molecule has 15 heteroatoms. The zero-order valence-electron chi connectivity index (χ0n) is 17.0. The van der Waals surface area contributed by atoms with Crippen molar-refractivity contribution in [1.29, 1.82) is 0 Å². The summed E-state index contributed by atoms with van der Waals surface area (Å²) in [7, 11) is 0. The number of guanidine groups is 2. The third kappa shape index (κ3) is 13.3. The predicted molar refractivity (Wildman–Crippen MR) is 112 cm³/mol. The summed E-state index contributed by atoms with van der Waals surface area (Å²) in [5, 5.41) is 22.4. The van der Waals surface area contributed by atoms with E-state index < -0.39 is 48.3 Å². The SMILES string of the molecule is NC(N)=NCCC[C@H](NC(=O)[C@@H](N)CCCN=C(N)N)C(=O)N[C@@H](CC(=O)O)C(=O)O. The van der Waals surface area contributed by atoms with Gasteiger partial charge < -0.3 is 49.5 Å². The first-order chi connectivity index (χ1) is 14.4. The predicted octanol–water partition coefficient (Wildman–Crippen LogP) is -4.05. The standard InChI is InChI=1S/C16H31N9O6/c17-8(3-1-5-22-15(18)19)12(28)24-9(4-2-6-23-16(20)21)13(29)25-10(14(30)31)7-11(26)27/h8-10H,1-7,17H2,(H,24,28)(H,25,29)(H,26,27)(H,30,31)(H4,18,19,22)(H4,20,21,23)/t8-,9-,10-/m0/s1. The van der Waals surface area contributed by atoms with Gasteiger partial charge in [-0.05, 0) is 25.7 Å². The number of hydrogen-bond donors (Lipinski definition) is 9. The van der Waals surface area contributed by atoms with E-state index in [1.165, 1.54) is 0 Å². The molecule has 0 aliphatic heterocycles. The Morgan fingerprint density at radius 3 is 1.71 bits per heavy atom. The molecule has 15 nitrogen and oxygen atoms in total. The van der Waals surface area contributed by atoms with Crippen LogP contribution in [0.3, 0.4) is 0 Å². The van der Waals surface area contributed by atoms with Crippen LogP contribution in [0, 0.1) is 0 Å². The van der Waals surface area contributed by atoms with Crippen LogP contribution in [0.2, 0.25) is 0 Å². The van der Waals surface area contributed by atoms with Crippen LogP contribution in [0.1, 0.15) is 32.1 Å². The molecule has 176 valence electrons. The van der Waals surface area contributed by atoms with Gasteiger partial charge in [-0.3, -0.25) is 24.4 Å². The minimum atomic E-state index is -1.67. The first-order valence-corrected chi connectivity index (χ1v) is 9.35. The molecule has 2 amide bonds. The zero-order valence-corrected chi connectivity index (χ0v) is 17.0. The number of carbonyl (C=O) groups is 4. The molecule has 0 saturated carbocycles. The summed E-state index contributed by atoms with van der Waals surface area (Å²) >= 11 is 0. The Morgan fingerprint density at radius 1 is 0.774 bits per heavy atom. The lowest BCUT2D eigenvalue weighted by Gasteiger charge is -2.22. The fraction of sp³-hybridized carbons (Fsp3) is 0.625. The normalized spacial score (nSPS) is 13.2. The van der Waals surface area contributed by atoms with Gasteiger partial charge in [0, 0.05) is 13.1 Å². The maximum absolute atomic E-state index is 12.5. The van der Waals surface area contributed by atoms with E-state index in [1.807, 2.05) is 0 Å². The van der Waals surface area contributed by atoms with Crippen LogP contribution in [0.5, 0.6) is 0 Å². The second-order valence-corrected chi connectivity index (χ2v) is 6.56. The molecule has 0 unspecified atom stereocenters. The van der Waals surface area contributed by atoms with Gasteiger partial charge >= 0.3 is 11.9 Å². The number of carbonyl (C=O) groups excluding carboxylic acids is 2. The third-order valence-corrected chi connectivity index (χ3v) is 3.88. The molecule has 14 N–H and O–H groups in total. The Bertz CT molecular complexity index is 689. The fourth-order valence-corrected chi connectivity index (χ4v) is 2.35. The van der Waals surface area contributed by atoms with Crippen LogP contribution >= 0.6 is 0 Å². The van der Waals surface area contributed by atoms with E-state index in [9.17, 15) is 19.2 Å². The van der Waals surface area contributed by atoms with Crippen molar-refractivity contribution in [1.82, 2.24) is 10.6 Å². The van der Waals surface area contributed by atoms with Gasteiger partial charge in [-0.2, -0.15) is 0 Å². The van der Waals surface area contributed by atoms with Gasteiger partial charge in [0.1, 0.15) is 12.1 Å². The lowest BCUT2D eigenvalue weighted by molar-refractivity contribution is -0.147. The number of amides is 2. The monoisotopic (exact) mass is 445 g/mol. The van der Waals surface area contributed by atoms with Crippen molar-refractivity contribution in [3.05, 3.63) is 0 Å².